The minimum Gasteiger partial charge on any atom is -0.294 e. The largest absolute Gasteiger partial charge is 0.294 e. The number of Topliss-reactive ketones (excluding diaryl/α,β-unsaturated/α-hetero) is 1. The zero-order valence-electron chi connectivity index (χ0n) is 14.1. The van der Waals surface area contributed by atoms with Gasteiger partial charge >= 0.3 is 0 Å². The van der Waals surface area contributed by atoms with Gasteiger partial charge in [0.25, 0.3) is 0 Å². The molecule has 138 valence electrons. The Morgan fingerprint density at radius 3 is 2.00 bits per heavy atom. The lowest BCUT2D eigenvalue weighted by Gasteiger charge is -2.29. The van der Waals surface area contributed by atoms with Gasteiger partial charge in [-0.15, -0.1) is 0 Å². The van der Waals surface area contributed by atoms with E-state index in [0.717, 1.165) is 17.5 Å². The molecule has 0 bridgehead atoms. The summed E-state index contributed by atoms with van der Waals surface area (Å²) in [5.41, 5.74) is -0.765. The van der Waals surface area contributed by atoms with Gasteiger partial charge in [-0.05, 0) is 24.7 Å². The van der Waals surface area contributed by atoms with Crippen LogP contribution in [0.25, 0.3) is 5.69 Å². The van der Waals surface area contributed by atoms with Crippen LogP contribution in [-0.4, -0.2) is 15.6 Å². The predicted molar refractivity (Wildman–Crippen MR) is 81.8 cm³/mol. The summed E-state index contributed by atoms with van der Waals surface area (Å²) in [7, 11) is 0. The molecule has 4 rings (SSSR count). The summed E-state index contributed by atoms with van der Waals surface area (Å²) in [6.07, 6.45) is 2.03. The molecule has 0 unspecified atom stereocenters. The Hall–Kier alpha value is -2.25. The number of nitrogens with zero attached hydrogens (tertiary/aromatic N) is 2. The van der Waals surface area contributed by atoms with Crippen LogP contribution in [0.5, 0.6) is 0 Å². The molecule has 1 aromatic carbocycles. The summed E-state index contributed by atoms with van der Waals surface area (Å²) < 4.78 is 70.0. The molecule has 0 N–H and O–H groups in total. The molecule has 3 nitrogen and oxygen atoms in total. The molecule has 0 atom stereocenters. The van der Waals surface area contributed by atoms with Crippen LogP contribution in [0.3, 0.4) is 0 Å². The van der Waals surface area contributed by atoms with Gasteiger partial charge in [-0.25, -0.2) is 26.6 Å². The lowest BCUT2D eigenvalue weighted by Crippen LogP contribution is -2.28. The van der Waals surface area contributed by atoms with E-state index in [1.165, 1.54) is 0 Å². The molecule has 2 aliphatic rings. The number of hydrogen-bond donors (Lipinski definition) is 0. The van der Waals surface area contributed by atoms with Crippen molar-refractivity contribution in [2.75, 3.05) is 0 Å². The summed E-state index contributed by atoms with van der Waals surface area (Å²) in [4.78, 5) is 12.6. The van der Waals surface area contributed by atoms with Crippen molar-refractivity contribution in [1.29, 1.82) is 0 Å². The molecule has 0 radical (unpaired) electrons. The zero-order valence-corrected chi connectivity index (χ0v) is 14.1. The SMILES string of the molecule is CC1(C)CC(=O)c2c(C3CC3)nn(-c3c(F)c(F)c(F)c(F)c3F)c2C1. The molecule has 26 heavy (non-hydrogen) atoms. The Bertz CT molecular complexity index is 930. The average Bonchev–Trinajstić information content (AvgIpc) is 3.33. The van der Waals surface area contributed by atoms with E-state index in [0.29, 0.717) is 5.69 Å². The van der Waals surface area contributed by atoms with Crippen molar-refractivity contribution in [1.82, 2.24) is 9.78 Å². The average molecular weight is 370 g/mol. The van der Waals surface area contributed by atoms with Gasteiger partial charge in [-0.1, -0.05) is 13.8 Å². The monoisotopic (exact) mass is 370 g/mol. The van der Waals surface area contributed by atoms with Crippen molar-refractivity contribution in [3.8, 4) is 5.69 Å². The van der Waals surface area contributed by atoms with Crippen LogP contribution in [0.1, 0.15) is 60.8 Å². The molecule has 8 heteroatoms. The molecule has 0 saturated heterocycles. The highest BCUT2D eigenvalue weighted by atomic mass is 19.2. The van der Waals surface area contributed by atoms with Crippen molar-refractivity contribution in [2.45, 2.75) is 45.4 Å². The maximum atomic E-state index is 14.3. The van der Waals surface area contributed by atoms with Gasteiger partial charge < -0.3 is 0 Å². The third-order valence-electron chi connectivity index (χ3n) is 4.93. The molecule has 2 aromatic rings. The summed E-state index contributed by atoms with van der Waals surface area (Å²) >= 11 is 0. The molecule has 0 spiro atoms. The standard InChI is InChI=1S/C18H15F5N2O/c1-18(2)5-8-10(9(26)6-18)16(7-3-4-7)24-25(8)17-14(22)12(20)11(19)13(21)15(17)23/h7H,3-6H2,1-2H3. The lowest BCUT2D eigenvalue weighted by molar-refractivity contribution is 0.0909. The Labute approximate surface area is 145 Å². The maximum Gasteiger partial charge on any atom is 0.200 e. The smallest absolute Gasteiger partial charge is 0.200 e. The molecular weight excluding hydrogens is 355 g/mol. The highest BCUT2D eigenvalue weighted by Crippen LogP contribution is 2.46. The second kappa shape index (κ2) is 5.37. The van der Waals surface area contributed by atoms with E-state index >= 15 is 0 Å². The van der Waals surface area contributed by atoms with Gasteiger partial charge in [0.2, 0.25) is 5.82 Å². The predicted octanol–water partition coefficient (Wildman–Crippen LogP) is 4.60. The van der Waals surface area contributed by atoms with E-state index in [1.807, 2.05) is 0 Å². The maximum absolute atomic E-state index is 14.3. The zero-order chi connectivity index (χ0) is 19.0. The highest BCUT2D eigenvalue weighted by Gasteiger charge is 2.42. The minimum absolute atomic E-state index is 0.0172. The van der Waals surface area contributed by atoms with E-state index in [2.05, 4.69) is 5.10 Å². The quantitative estimate of drug-likeness (QED) is 0.440. The molecular formula is C18H15F5N2O. The fourth-order valence-electron chi connectivity index (χ4n) is 3.58. The first kappa shape index (κ1) is 17.2. The second-order valence-corrected chi connectivity index (χ2v) is 7.75. The summed E-state index contributed by atoms with van der Waals surface area (Å²) in [6, 6.07) is 0. The van der Waals surface area contributed by atoms with Gasteiger partial charge in [-0.2, -0.15) is 5.10 Å². The van der Waals surface area contributed by atoms with Gasteiger partial charge in [0.1, 0.15) is 5.69 Å². The number of benzene rings is 1. The normalized spacial score (nSPS) is 19.0. The van der Waals surface area contributed by atoms with E-state index < -0.39 is 40.2 Å². The van der Waals surface area contributed by atoms with Crippen LogP contribution in [0.4, 0.5) is 22.0 Å². The molecule has 1 aromatic heterocycles. The van der Waals surface area contributed by atoms with Gasteiger partial charge in [-0.3, -0.25) is 4.79 Å². The summed E-state index contributed by atoms with van der Waals surface area (Å²) in [5.74, 6) is -10.4. The van der Waals surface area contributed by atoms with Crippen molar-refractivity contribution in [2.24, 2.45) is 5.41 Å². The van der Waals surface area contributed by atoms with Crippen molar-refractivity contribution in [3.05, 3.63) is 46.0 Å². The molecule has 2 aliphatic carbocycles. The topological polar surface area (TPSA) is 34.9 Å². The van der Waals surface area contributed by atoms with Gasteiger partial charge in [0.05, 0.1) is 17.0 Å². The molecule has 1 heterocycles. The number of carbonyl (C=O) groups excluding carboxylic acids is 1. The third kappa shape index (κ3) is 2.38. The highest BCUT2D eigenvalue weighted by molar-refractivity contribution is 6.00. The lowest BCUT2D eigenvalue weighted by atomic mass is 9.75. The Morgan fingerprint density at radius 2 is 1.46 bits per heavy atom. The van der Waals surface area contributed by atoms with E-state index in [1.54, 1.807) is 13.8 Å². The first-order valence-electron chi connectivity index (χ1n) is 8.29. The fraction of sp³-hybridized carbons (Fsp3) is 0.444. The second-order valence-electron chi connectivity index (χ2n) is 7.75. The number of ketones is 1. The van der Waals surface area contributed by atoms with Crippen molar-refractivity contribution >= 4 is 5.78 Å². The molecule has 1 saturated carbocycles. The Morgan fingerprint density at radius 1 is 0.923 bits per heavy atom. The van der Waals surface area contributed by atoms with Crippen LogP contribution in [0.2, 0.25) is 0 Å². The minimum atomic E-state index is -2.22. The number of halogens is 5. The third-order valence-corrected chi connectivity index (χ3v) is 4.93. The Kier molecular flexibility index (Phi) is 3.55. The fourth-order valence-corrected chi connectivity index (χ4v) is 3.58. The molecule has 0 amide bonds. The van der Waals surface area contributed by atoms with E-state index in [4.69, 9.17) is 0 Å². The van der Waals surface area contributed by atoms with Crippen molar-refractivity contribution < 1.29 is 26.7 Å². The van der Waals surface area contributed by atoms with Crippen LogP contribution in [-0.2, 0) is 6.42 Å². The van der Waals surface area contributed by atoms with E-state index in [9.17, 15) is 26.7 Å². The first-order chi connectivity index (χ1) is 12.1. The Balaban J connectivity index is 2.03. The van der Waals surface area contributed by atoms with Crippen LogP contribution < -0.4 is 0 Å². The van der Waals surface area contributed by atoms with Crippen molar-refractivity contribution in [3.63, 3.8) is 0 Å². The van der Waals surface area contributed by atoms with Crippen LogP contribution >= 0.6 is 0 Å². The number of fused-ring (bicyclic) bond motifs is 1. The van der Waals surface area contributed by atoms with Crippen LogP contribution in [0, 0.1) is 34.5 Å². The van der Waals surface area contributed by atoms with Gasteiger partial charge in [0, 0.05) is 12.3 Å². The molecule has 0 aliphatic heterocycles. The van der Waals surface area contributed by atoms with Gasteiger partial charge in [0.15, 0.2) is 29.1 Å². The number of carbonyl (C=O) groups is 1. The number of hydrogen-bond acceptors (Lipinski definition) is 2. The van der Waals surface area contributed by atoms with E-state index in [-0.39, 0.29) is 35.8 Å². The number of aromatic nitrogens is 2. The van der Waals surface area contributed by atoms with Crippen LogP contribution in [0.15, 0.2) is 0 Å². The summed E-state index contributed by atoms with van der Waals surface area (Å²) in [5, 5.41) is 4.13. The number of rotatable bonds is 2. The molecule has 1 fully saturated rings. The summed E-state index contributed by atoms with van der Waals surface area (Å²) in [6.45, 7) is 3.61. The first-order valence-corrected chi connectivity index (χ1v) is 8.29.